The van der Waals surface area contributed by atoms with Crippen molar-refractivity contribution >= 4 is 11.9 Å². The van der Waals surface area contributed by atoms with Crippen molar-refractivity contribution in [3.05, 3.63) is 109 Å². The van der Waals surface area contributed by atoms with Crippen LogP contribution in [0.3, 0.4) is 0 Å². The molecule has 1 atom stereocenters. The predicted molar refractivity (Wildman–Crippen MR) is 380 cm³/mol. The summed E-state index contributed by atoms with van der Waals surface area (Å²) in [4.78, 5) is 24.7. The molecule has 0 aromatic rings. The van der Waals surface area contributed by atoms with Crippen LogP contribution in [0.25, 0.3) is 0 Å². The molecule has 0 aliphatic rings. The molecule has 0 bridgehead atoms. The minimum absolute atomic E-state index is 0.0633. The van der Waals surface area contributed by atoms with Crippen LogP contribution >= 0.6 is 0 Å². The van der Waals surface area contributed by atoms with E-state index in [-0.39, 0.29) is 25.2 Å². The lowest BCUT2D eigenvalue weighted by Crippen LogP contribution is -2.28. The molecule has 5 heteroatoms. The van der Waals surface area contributed by atoms with E-state index in [0.29, 0.717) is 12.8 Å². The molecule has 0 amide bonds. The van der Waals surface area contributed by atoms with Gasteiger partial charge in [0.1, 0.15) is 6.61 Å². The van der Waals surface area contributed by atoms with E-state index in [1.54, 1.807) is 0 Å². The molecule has 0 aliphatic carbocycles. The highest BCUT2D eigenvalue weighted by Crippen LogP contribution is 2.19. The minimum Gasteiger partial charge on any atom is -0.462 e. The lowest BCUT2D eigenvalue weighted by Gasteiger charge is -2.15. The number of unbranched alkanes of at least 4 members (excludes halogenated alkanes) is 43. The fourth-order valence-electron chi connectivity index (χ4n) is 11.1. The Morgan fingerprint density at radius 2 is 0.465 bits per heavy atom. The Hall–Kier alpha value is -3.44. The van der Waals surface area contributed by atoms with Gasteiger partial charge in [-0.3, -0.25) is 9.59 Å². The number of hydrogen-bond acceptors (Lipinski definition) is 5. The number of ether oxygens (including phenoxy) is 2. The van der Waals surface area contributed by atoms with Crippen LogP contribution in [0, 0.1) is 0 Å². The van der Waals surface area contributed by atoms with Crippen molar-refractivity contribution in [3.8, 4) is 0 Å². The Balaban J connectivity index is 3.40. The topological polar surface area (TPSA) is 72.8 Å². The maximum Gasteiger partial charge on any atom is 0.306 e. The number of rotatable bonds is 69. The van der Waals surface area contributed by atoms with E-state index >= 15 is 0 Å². The van der Waals surface area contributed by atoms with Crippen LogP contribution in [-0.2, 0) is 19.1 Å². The first-order chi connectivity index (χ1) is 42.6. The number of carbonyl (C=O) groups is 2. The molecule has 0 aliphatic heterocycles. The van der Waals surface area contributed by atoms with Crippen molar-refractivity contribution in [2.75, 3.05) is 13.2 Å². The summed E-state index contributed by atoms with van der Waals surface area (Å²) in [6.07, 6.45) is 110. The van der Waals surface area contributed by atoms with Crippen LogP contribution in [-0.4, -0.2) is 36.4 Å². The van der Waals surface area contributed by atoms with E-state index in [0.717, 1.165) is 96.3 Å². The molecular formula is C81H142O5. The second-order valence-electron chi connectivity index (χ2n) is 25.0. The molecule has 496 valence electrons. The minimum atomic E-state index is -0.775. The summed E-state index contributed by atoms with van der Waals surface area (Å²) in [6.45, 7) is 3.96. The molecule has 0 fully saturated rings. The number of aliphatic hydroxyl groups excluding tert-OH is 1. The second kappa shape index (κ2) is 75.8. The van der Waals surface area contributed by atoms with Crippen molar-refractivity contribution in [1.29, 1.82) is 0 Å². The monoisotopic (exact) mass is 1200 g/mol. The van der Waals surface area contributed by atoms with Gasteiger partial charge < -0.3 is 14.6 Å². The Morgan fingerprint density at radius 3 is 0.698 bits per heavy atom. The molecule has 0 rings (SSSR count). The summed E-state index contributed by atoms with van der Waals surface area (Å²) < 4.78 is 10.8. The van der Waals surface area contributed by atoms with E-state index in [4.69, 9.17) is 9.47 Å². The second-order valence-corrected chi connectivity index (χ2v) is 25.0. The largest absolute Gasteiger partial charge is 0.462 e. The lowest BCUT2D eigenvalue weighted by atomic mass is 10.0. The molecule has 1 N–H and O–H groups in total. The third-order valence-corrected chi connectivity index (χ3v) is 16.6. The summed E-state index contributed by atoms with van der Waals surface area (Å²) in [6, 6.07) is 0. The first-order valence-electron chi connectivity index (χ1n) is 37.4. The summed E-state index contributed by atoms with van der Waals surface area (Å²) in [7, 11) is 0. The van der Waals surface area contributed by atoms with Gasteiger partial charge in [0.2, 0.25) is 0 Å². The molecular weight excluding hydrogens is 1050 g/mol. The van der Waals surface area contributed by atoms with Gasteiger partial charge in [0.05, 0.1) is 6.61 Å². The van der Waals surface area contributed by atoms with Crippen LogP contribution in [0.1, 0.15) is 373 Å². The zero-order valence-electron chi connectivity index (χ0n) is 57.1. The van der Waals surface area contributed by atoms with Gasteiger partial charge in [-0.25, -0.2) is 0 Å². The summed E-state index contributed by atoms with van der Waals surface area (Å²) >= 11 is 0. The van der Waals surface area contributed by atoms with Gasteiger partial charge in [-0.2, -0.15) is 0 Å². The number of carbonyl (C=O) groups excluding carboxylic acids is 2. The fraction of sp³-hybridized carbons (Fsp3) is 0.753. The van der Waals surface area contributed by atoms with Gasteiger partial charge in [-0.1, -0.05) is 374 Å². The average Bonchev–Trinajstić information content (AvgIpc) is 3.55. The molecule has 86 heavy (non-hydrogen) atoms. The van der Waals surface area contributed by atoms with Gasteiger partial charge in [-0.05, 0) is 96.3 Å². The van der Waals surface area contributed by atoms with Crippen molar-refractivity contribution in [1.82, 2.24) is 0 Å². The molecule has 0 heterocycles. The maximum absolute atomic E-state index is 12.4. The molecule has 0 saturated heterocycles. The Labute approximate surface area is 535 Å². The van der Waals surface area contributed by atoms with Crippen LogP contribution < -0.4 is 0 Å². The summed E-state index contributed by atoms with van der Waals surface area (Å²) in [5, 5.41) is 9.72. The van der Waals surface area contributed by atoms with Crippen molar-refractivity contribution in [2.45, 2.75) is 380 Å². The first-order valence-corrected chi connectivity index (χ1v) is 37.4. The standard InChI is InChI=1S/C81H142O5/c1-3-5-7-9-11-13-15-17-19-21-23-25-27-29-31-33-35-37-38-39-40-41-42-44-46-48-50-52-54-56-58-60-62-64-66-68-70-72-74-76-81(84)86-79(77-82)78-85-80(83)75-73-71-69-67-65-63-61-59-57-55-53-51-49-47-45-43-36-34-32-30-28-26-24-22-20-18-16-14-12-10-8-6-4-2/h5-8,11-14,17-20,23-26,29,31,79,82H,3-4,9-10,15-16,21-22,27-28,30,32-78H2,1-2H3/b7-5-,8-6-,13-11-,14-12-,19-17-,20-18-,25-23-,26-24-,31-29-. The molecule has 5 nitrogen and oxygen atoms in total. The van der Waals surface area contributed by atoms with Crippen LogP contribution in [0.5, 0.6) is 0 Å². The van der Waals surface area contributed by atoms with E-state index < -0.39 is 6.10 Å². The van der Waals surface area contributed by atoms with Crippen LogP contribution in [0.4, 0.5) is 0 Å². The smallest absolute Gasteiger partial charge is 0.306 e. The number of hydrogen-bond donors (Lipinski definition) is 1. The lowest BCUT2D eigenvalue weighted by molar-refractivity contribution is -0.161. The predicted octanol–water partition coefficient (Wildman–Crippen LogP) is 26.3. The van der Waals surface area contributed by atoms with Crippen molar-refractivity contribution in [3.63, 3.8) is 0 Å². The average molecular weight is 1200 g/mol. The van der Waals surface area contributed by atoms with E-state index in [9.17, 15) is 14.7 Å². The molecule has 0 saturated carbocycles. The molecule has 0 aromatic heterocycles. The first kappa shape index (κ1) is 82.6. The highest BCUT2D eigenvalue weighted by Gasteiger charge is 2.16. The SMILES string of the molecule is CC/C=C\C/C=C\C/C=C\C/C=C\C/C=C\CCCCCCCCCCCCCCCCCCCCCCCCCC(=O)OC(CO)COC(=O)CCCCCCCCCCCCCCCCCCCCCC/C=C\C/C=C\C/C=C\C/C=C\CC. The van der Waals surface area contributed by atoms with Crippen molar-refractivity contribution < 1.29 is 24.2 Å². The van der Waals surface area contributed by atoms with Gasteiger partial charge >= 0.3 is 11.9 Å². The highest BCUT2D eigenvalue weighted by atomic mass is 16.6. The van der Waals surface area contributed by atoms with Crippen molar-refractivity contribution in [2.24, 2.45) is 0 Å². The highest BCUT2D eigenvalue weighted by molar-refractivity contribution is 5.70. The fourth-order valence-corrected chi connectivity index (χ4v) is 11.1. The number of aliphatic hydroxyl groups is 1. The molecule has 0 aromatic carbocycles. The third kappa shape index (κ3) is 73.0. The summed E-state index contributed by atoms with van der Waals surface area (Å²) in [5.74, 6) is -0.572. The van der Waals surface area contributed by atoms with E-state index in [1.165, 1.54) is 250 Å². The zero-order chi connectivity index (χ0) is 61.9. The molecule has 0 spiro atoms. The Bertz CT molecular complexity index is 1640. The number of allylic oxidation sites excluding steroid dienone is 18. The Kier molecular flexibility index (Phi) is 72.8. The van der Waals surface area contributed by atoms with Gasteiger partial charge in [-0.15, -0.1) is 0 Å². The van der Waals surface area contributed by atoms with Crippen LogP contribution in [0.2, 0.25) is 0 Å². The quantitative estimate of drug-likeness (QED) is 0.0373. The number of esters is 2. The van der Waals surface area contributed by atoms with Gasteiger partial charge in [0.25, 0.3) is 0 Å². The molecule has 0 radical (unpaired) electrons. The Morgan fingerprint density at radius 1 is 0.267 bits per heavy atom. The van der Waals surface area contributed by atoms with E-state index in [1.807, 2.05) is 0 Å². The van der Waals surface area contributed by atoms with Gasteiger partial charge in [0, 0.05) is 12.8 Å². The van der Waals surface area contributed by atoms with Gasteiger partial charge in [0.15, 0.2) is 6.10 Å². The van der Waals surface area contributed by atoms with Crippen LogP contribution in [0.15, 0.2) is 109 Å². The normalized spacial score (nSPS) is 12.8. The maximum atomic E-state index is 12.4. The third-order valence-electron chi connectivity index (χ3n) is 16.6. The molecule has 1 unspecified atom stereocenters. The summed E-state index contributed by atoms with van der Waals surface area (Å²) in [5.41, 5.74) is 0. The van der Waals surface area contributed by atoms with E-state index in [2.05, 4.69) is 123 Å². The zero-order valence-corrected chi connectivity index (χ0v) is 57.1.